The number of aryl methyl sites for hydroxylation is 1. The van der Waals surface area contributed by atoms with Gasteiger partial charge < -0.3 is 19.1 Å². The van der Waals surface area contributed by atoms with Gasteiger partial charge in [-0.05, 0) is 52.8 Å². The number of Topliss-reactive ketones (excluding diaryl/α,β-unsaturated/α-hetero) is 1. The maximum atomic E-state index is 12.9. The van der Waals surface area contributed by atoms with Crippen LogP contribution >= 0.6 is 0 Å². The maximum absolute atomic E-state index is 12.9. The van der Waals surface area contributed by atoms with Gasteiger partial charge in [0, 0.05) is 23.0 Å². The normalized spacial score (nSPS) is 15.3. The van der Waals surface area contributed by atoms with Gasteiger partial charge in [0.1, 0.15) is 12.3 Å². The molecule has 0 unspecified atom stereocenters. The first kappa shape index (κ1) is 20.5. The average molecular weight is 385 g/mol. The Morgan fingerprint density at radius 1 is 1.18 bits per heavy atom. The first-order chi connectivity index (χ1) is 13.4. The number of hydrogen-bond acceptors (Lipinski definition) is 3. The molecule has 28 heavy (non-hydrogen) atoms. The Morgan fingerprint density at radius 3 is 2.46 bits per heavy atom. The molecule has 0 radical (unpaired) electrons. The second kappa shape index (κ2) is 8.82. The number of carbonyl (C=O) groups excluding carboxylic acids is 1. The molecule has 1 aliphatic rings. The molecule has 152 valence electrons. The van der Waals surface area contributed by atoms with Gasteiger partial charge >= 0.3 is 0 Å². The van der Waals surface area contributed by atoms with Crippen molar-refractivity contribution in [2.75, 3.05) is 44.2 Å². The van der Waals surface area contributed by atoms with Crippen molar-refractivity contribution in [3.8, 4) is 5.75 Å². The van der Waals surface area contributed by atoms with E-state index in [0.717, 1.165) is 48.9 Å². The maximum Gasteiger partial charge on any atom is 0.218 e. The van der Waals surface area contributed by atoms with Crippen LogP contribution in [0.25, 0.3) is 0 Å². The highest BCUT2D eigenvalue weighted by Crippen LogP contribution is 2.27. The molecule has 3 rings (SSSR count). The number of aromatic nitrogens is 1. The fourth-order valence-corrected chi connectivity index (χ4v) is 4.41. The van der Waals surface area contributed by atoms with E-state index in [1.165, 1.54) is 10.6 Å². The number of nitrogens with zero attached hydrogens (tertiary/aromatic N) is 2. The van der Waals surface area contributed by atoms with Crippen molar-refractivity contribution >= 4 is 11.5 Å². The summed E-state index contributed by atoms with van der Waals surface area (Å²) in [5, 5.41) is 0. The van der Waals surface area contributed by atoms with E-state index in [4.69, 9.17) is 4.74 Å². The SMILES string of the molecule is CCOc1ccccc1N1CC[NH+](CC(=O)c2cc(C)n(C(C)C)c2C)CC1. The van der Waals surface area contributed by atoms with Gasteiger partial charge in [0.2, 0.25) is 5.78 Å². The van der Waals surface area contributed by atoms with Crippen LogP contribution in [0.15, 0.2) is 30.3 Å². The van der Waals surface area contributed by atoms with Crippen LogP contribution < -0.4 is 14.5 Å². The Labute approximate surface area is 168 Å². The number of nitrogens with one attached hydrogen (secondary N) is 1. The van der Waals surface area contributed by atoms with E-state index >= 15 is 0 Å². The third kappa shape index (κ3) is 4.25. The molecule has 2 aromatic rings. The highest BCUT2D eigenvalue weighted by molar-refractivity contribution is 5.98. The molecule has 5 nitrogen and oxygen atoms in total. The van der Waals surface area contributed by atoms with Crippen LogP contribution in [0, 0.1) is 13.8 Å². The number of quaternary nitrogens is 1. The summed E-state index contributed by atoms with van der Waals surface area (Å²) in [4.78, 5) is 16.7. The number of benzene rings is 1. The first-order valence-corrected chi connectivity index (χ1v) is 10.4. The Morgan fingerprint density at radius 2 is 1.86 bits per heavy atom. The molecule has 1 aromatic carbocycles. The van der Waals surface area contributed by atoms with Crippen molar-refractivity contribution in [1.82, 2.24) is 4.57 Å². The molecule has 1 saturated heterocycles. The van der Waals surface area contributed by atoms with Gasteiger partial charge in [-0.15, -0.1) is 0 Å². The molecule has 0 spiro atoms. The van der Waals surface area contributed by atoms with Crippen LogP contribution in [-0.4, -0.2) is 49.7 Å². The zero-order valence-electron chi connectivity index (χ0n) is 17.9. The zero-order valence-corrected chi connectivity index (χ0v) is 17.9. The van der Waals surface area contributed by atoms with Crippen molar-refractivity contribution in [1.29, 1.82) is 0 Å². The largest absolute Gasteiger partial charge is 0.492 e. The highest BCUT2D eigenvalue weighted by atomic mass is 16.5. The van der Waals surface area contributed by atoms with E-state index in [2.05, 4.69) is 55.4 Å². The van der Waals surface area contributed by atoms with Gasteiger partial charge in [-0.25, -0.2) is 0 Å². The molecular weight excluding hydrogens is 350 g/mol. The lowest BCUT2D eigenvalue weighted by Crippen LogP contribution is -3.15. The van der Waals surface area contributed by atoms with E-state index in [-0.39, 0.29) is 5.78 Å². The lowest BCUT2D eigenvalue weighted by Gasteiger charge is -2.34. The fraction of sp³-hybridized carbons (Fsp3) is 0.522. The molecule has 2 heterocycles. The van der Waals surface area contributed by atoms with Gasteiger partial charge in [0.15, 0.2) is 0 Å². The minimum Gasteiger partial charge on any atom is -0.492 e. The predicted octanol–water partition coefficient (Wildman–Crippen LogP) is 2.67. The summed E-state index contributed by atoms with van der Waals surface area (Å²) in [6.45, 7) is 15.6. The van der Waals surface area contributed by atoms with Crippen LogP contribution in [0.5, 0.6) is 5.75 Å². The molecule has 5 heteroatoms. The average Bonchev–Trinajstić information content (AvgIpc) is 2.97. The van der Waals surface area contributed by atoms with E-state index in [0.29, 0.717) is 19.2 Å². The fourth-order valence-electron chi connectivity index (χ4n) is 4.41. The summed E-state index contributed by atoms with van der Waals surface area (Å²) < 4.78 is 8.04. The minimum absolute atomic E-state index is 0.262. The van der Waals surface area contributed by atoms with Crippen LogP contribution in [0.1, 0.15) is 48.6 Å². The summed E-state index contributed by atoms with van der Waals surface area (Å²) in [7, 11) is 0. The van der Waals surface area contributed by atoms with Gasteiger partial charge in [-0.3, -0.25) is 4.79 Å². The summed E-state index contributed by atoms with van der Waals surface area (Å²) >= 11 is 0. The van der Waals surface area contributed by atoms with Gasteiger partial charge in [0.25, 0.3) is 0 Å². The smallest absolute Gasteiger partial charge is 0.218 e. The Balaban J connectivity index is 1.62. The third-order valence-electron chi connectivity index (χ3n) is 5.69. The van der Waals surface area contributed by atoms with Crippen molar-refractivity contribution < 1.29 is 14.4 Å². The standard InChI is InChI=1S/C23H33N3O2/c1-6-28-23-10-8-7-9-21(23)25-13-11-24(12-14-25)16-22(27)20-15-18(4)26(17(2)3)19(20)5/h7-10,15,17H,6,11-14,16H2,1-5H3/p+1. The number of ether oxygens (including phenoxy) is 1. The van der Waals surface area contributed by atoms with Crippen LogP contribution in [0.3, 0.4) is 0 Å². The highest BCUT2D eigenvalue weighted by Gasteiger charge is 2.26. The van der Waals surface area contributed by atoms with Gasteiger partial charge in [0.05, 0.1) is 38.5 Å². The lowest BCUT2D eigenvalue weighted by molar-refractivity contribution is -0.892. The van der Waals surface area contributed by atoms with Gasteiger partial charge in [-0.1, -0.05) is 12.1 Å². The molecule has 0 amide bonds. The van der Waals surface area contributed by atoms with Crippen LogP contribution in [0.2, 0.25) is 0 Å². The van der Waals surface area contributed by atoms with E-state index in [1.54, 1.807) is 0 Å². The van der Waals surface area contributed by atoms with Crippen molar-refractivity contribution in [2.45, 2.75) is 40.7 Å². The molecule has 0 bridgehead atoms. The number of anilines is 1. The predicted molar refractivity (Wildman–Crippen MR) is 114 cm³/mol. The monoisotopic (exact) mass is 384 g/mol. The van der Waals surface area contributed by atoms with E-state index in [9.17, 15) is 4.79 Å². The minimum atomic E-state index is 0.262. The number of ketones is 1. The van der Waals surface area contributed by atoms with E-state index < -0.39 is 0 Å². The summed E-state index contributed by atoms with van der Waals surface area (Å²) in [5.41, 5.74) is 4.32. The topological polar surface area (TPSA) is 38.9 Å². The zero-order chi connectivity index (χ0) is 20.3. The number of carbonyl (C=O) groups is 1. The molecule has 0 aliphatic carbocycles. The van der Waals surface area contributed by atoms with Crippen molar-refractivity contribution in [3.05, 3.63) is 47.3 Å². The first-order valence-electron chi connectivity index (χ1n) is 10.4. The van der Waals surface area contributed by atoms with E-state index in [1.807, 2.05) is 19.1 Å². The molecule has 1 aromatic heterocycles. The second-order valence-corrected chi connectivity index (χ2v) is 7.99. The third-order valence-corrected chi connectivity index (χ3v) is 5.69. The molecule has 0 atom stereocenters. The van der Waals surface area contributed by atoms with Crippen LogP contribution in [-0.2, 0) is 0 Å². The molecular formula is C23H34N3O2+. The number of rotatable bonds is 7. The number of hydrogen-bond donors (Lipinski definition) is 1. The Bertz CT molecular complexity index is 817. The summed E-state index contributed by atoms with van der Waals surface area (Å²) in [6.07, 6.45) is 0. The summed E-state index contributed by atoms with van der Waals surface area (Å²) in [6, 6.07) is 10.7. The number of para-hydroxylation sites is 2. The quantitative estimate of drug-likeness (QED) is 0.746. The van der Waals surface area contributed by atoms with Crippen molar-refractivity contribution in [2.24, 2.45) is 0 Å². The Hall–Kier alpha value is -2.27. The lowest BCUT2D eigenvalue weighted by atomic mass is 10.1. The van der Waals surface area contributed by atoms with Gasteiger partial charge in [-0.2, -0.15) is 0 Å². The summed E-state index contributed by atoms with van der Waals surface area (Å²) in [5.74, 6) is 1.21. The Kier molecular flexibility index (Phi) is 6.45. The number of piperazine rings is 1. The molecule has 1 aliphatic heterocycles. The second-order valence-electron chi connectivity index (χ2n) is 7.99. The van der Waals surface area contributed by atoms with Crippen LogP contribution in [0.4, 0.5) is 5.69 Å². The molecule has 1 N–H and O–H groups in total. The van der Waals surface area contributed by atoms with Crippen molar-refractivity contribution in [3.63, 3.8) is 0 Å². The molecule has 0 saturated carbocycles. The molecule has 1 fully saturated rings.